The maximum atomic E-state index is 5.56. The molecule has 78 valence electrons. The van der Waals surface area contributed by atoms with Crippen molar-refractivity contribution in [2.24, 2.45) is 5.73 Å². The number of rotatable bonds is 3. The number of hydrogen-bond acceptors (Lipinski definition) is 3. The highest BCUT2D eigenvalue weighted by molar-refractivity contribution is 7.99. The minimum atomic E-state index is 0.651. The van der Waals surface area contributed by atoms with Gasteiger partial charge in [-0.3, -0.25) is 0 Å². The van der Waals surface area contributed by atoms with E-state index in [0.717, 1.165) is 12.2 Å². The predicted octanol–water partition coefficient (Wildman–Crippen LogP) is 1.45. The summed E-state index contributed by atoms with van der Waals surface area (Å²) in [6, 6.07) is 0.651. The Morgan fingerprint density at radius 2 is 2.57 bits per heavy atom. The molecule has 0 spiro atoms. The summed E-state index contributed by atoms with van der Waals surface area (Å²) in [7, 11) is 0. The van der Waals surface area contributed by atoms with Crippen LogP contribution in [0.3, 0.4) is 0 Å². The third-order valence-electron chi connectivity index (χ3n) is 2.65. The van der Waals surface area contributed by atoms with E-state index in [0.29, 0.717) is 12.6 Å². The van der Waals surface area contributed by atoms with Crippen molar-refractivity contribution in [3.63, 3.8) is 0 Å². The number of imidazole rings is 1. The Bertz CT molecular complexity index is 279. The van der Waals surface area contributed by atoms with Gasteiger partial charge in [0.2, 0.25) is 0 Å². The maximum absolute atomic E-state index is 5.56. The highest BCUT2D eigenvalue weighted by Gasteiger charge is 2.17. The molecule has 0 bridgehead atoms. The molecule has 0 saturated carbocycles. The summed E-state index contributed by atoms with van der Waals surface area (Å²) in [5, 5.41) is 0. The first-order valence-electron chi connectivity index (χ1n) is 5.21. The fourth-order valence-electron chi connectivity index (χ4n) is 1.94. The van der Waals surface area contributed by atoms with Crippen molar-refractivity contribution in [2.75, 3.05) is 18.1 Å². The zero-order valence-corrected chi connectivity index (χ0v) is 9.17. The molecular weight excluding hydrogens is 194 g/mol. The van der Waals surface area contributed by atoms with Crippen molar-refractivity contribution in [3.05, 3.63) is 18.2 Å². The van der Waals surface area contributed by atoms with Gasteiger partial charge in [-0.05, 0) is 25.1 Å². The lowest BCUT2D eigenvalue weighted by atomic mass is 10.2. The Morgan fingerprint density at radius 1 is 1.64 bits per heavy atom. The lowest BCUT2D eigenvalue weighted by Gasteiger charge is -2.24. The SMILES string of the molecule is NCCc1nccn1C1CCCSC1. The van der Waals surface area contributed by atoms with E-state index in [2.05, 4.69) is 15.7 Å². The lowest BCUT2D eigenvalue weighted by Crippen LogP contribution is -2.19. The summed E-state index contributed by atoms with van der Waals surface area (Å²) in [5.74, 6) is 3.70. The van der Waals surface area contributed by atoms with Gasteiger partial charge < -0.3 is 10.3 Å². The minimum Gasteiger partial charge on any atom is -0.331 e. The molecule has 2 rings (SSSR count). The van der Waals surface area contributed by atoms with Crippen LogP contribution in [0.1, 0.15) is 24.7 Å². The second-order valence-corrected chi connectivity index (χ2v) is 4.81. The van der Waals surface area contributed by atoms with Crippen molar-refractivity contribution in [2.45, 2.75) is 25.3 Å². The van der Waals surface area contributed by atoms with Crippen LogP contribution in [0.4, 0.5) is 0 Å². The van der Waals surface area contributed by atoms with E-state index in [4.69, 9.17) is 5.73 Å². The van der Waals surface area contributed by atoms with Gasteiger partial charge in [0.15, 0.2) is 0 Å². The Kier molecular flexibility index (Phi) is 3.48. The lowest BCUT2D eigenvalue weighted by molar-refractivity contribution is 0.482. The molecule has 0 aliphatic carbocycles. The van der Waals surface area contributed by atoms with Crippen LogP contribution < -0.4 is 5.73 Å². The Balaban J connectivity index is 2.09. The Hall–Kier alpha value is -0.480. The van der Waals surface area contributed by atoms with E-state index in [1.165, 1.54) is 24.3 Å². The van der Waals surface area contributed by atoms with Gasteiger partial charge >= 0.3 is 0 Å². The summed E-state index contributed by atoms with van der Waals surface area (Å²) in [6.45, 7) is 0.691. The summed E-state index contributed by atoms with van der Waals surface area (Å²) < 4.78 is 2.32. The van der Waals surface area contributed by atoms with Crippen LogP contribution >= 0.6 is 11.8 Å². The number of hydrogen-bond donors (Lipinski definition) is 1. The Labute approximate surface area is 89.1 Å². The number of nitrogens with zero attached hydrogens (tertiary/aromatic N) is 2. The summed E-state index contributed by atoms with van der Waals surface area (Å²) >= 11 is 2.05. The van der Waals surface area contributed by atoms with E-state index < -0.39 is 0 Å². The second-order valence-electron chi connectivity index (χ2n) is 3.66. The molecule has 1 aromatic heterocycles. The molecule has 2 heterocycles. The van der Waals surface area contributed by atoms with Crippen LogP contribution in [-0.4, -0.2) is 27.6 Å². The molecule has 1 unspecified atom stereocenters. The molecular formula is C10H17N3S. The normalized spacial score (nSPS) is 22.5. The van der Waals surface area contributed by atoms with E-state index >= 15 is 0 Å². The van der Waals surface area contributed by atoms with Crippen molar-refractivity contribution in [1.29, 1.82) is 0 Å². The fraction of sp³-hybridized carbons (Fsp3) is 0.700. The van der Waals surface area contributed by atoms with Crippen LogP contribution in [0.5, 0.6) is 0 Å². The highest BCUT2D eigenvalue weighted by atomic mass is 32.2. The van der Waals surface area contributed by atoms with Crippen LogP contribution in [0.2, 0.25) is 0 Å². The van der Waals surface area contributed by atoms with Gasteiger partial charge in [0.05, 0.1) is 0 Å². The zero-order valence-electron chi connectivity index (χ0n) is 8.35. The van der Waals surface area contributed by atoms with Crippen molar-refractivity contribution < 1.29 is 0 Å². The Morgan fingerprint density at radius 3 is 3.29 bits per heavy atom. The third kappa shape index (κ3) is 2.12. The monoisotopic (exact) mass is 211 g/mol. The van der Waals surface area contributed by atoms with Crippen molar-refractivity contribution >= 4 is 11.8 Å². The molecule has 1 aromatic rings. The van der Waals surface area contributed by atoms with Gasteiger partial charge in [-0.1, -0.05) is 0 Å². The van der Waals surface area contributed by atoms with Gasteiger partial charge in [0.1, 0.15) is 5.82 Å². The molecule has 2 N–H and O–H groups in total. The predicted molar refractivity (Wildman–Crippen MR) is 60.6 cm³/mol. The van der Waals surface area contributed by atoms with Crippen molar-refractivity contribution in [3.8, 4) is 0 Å². The molecule has 1 aliphatic rings. The average molecular weight is 211 g/mol. The standard InChI is InChI=1S/C10H17N3S/c11-4-3-10-12-5-6-13(10)9-2-1-7-14-8-9/h5-6,9H,1-4,7-8,11H2. The van der Waals surface area contributed by atoms with Crippen LogP contribution in [0.15, 0.2) is 12.4 Å². The topological polar surface area (TPSA) is 43.8 Å². The van der Waals surface area contributed by atoms with Crippen LogP contribution in [0, 0.1) is 0 Å². The van der Waals surface area contributed by atoms with E-state index in [-0.39, 0.29) is 0 Å². The van der Waals surface area contributed by atoms with Gasteiger partial charge in [-0.15, -0.1) is 0 Å². The zero-order chi connectivity index (χ0) is 9.80. The maximum Gasteiger partial charge on any atom is 0.110 e. The molecule has 0 radical (unpaired) electrons. The van der Waals surface area contributed by atoms with E-state index in [1.54, 1.807) is 0 Å². The largest absolute Gasteiger partial charge is 0.331 e. The molecule has 1 atom stereocenters. The summed E-state index contributed by atoms with van der Waals surface area (Å²) in [4.78, 5) is 4.35. The first-order valence-corrected chi connectivity index (χ1v) is 6.37. The fourth-order valence-corrected chi connectivity index (χ4v) is 3.08. The van der Waals surface area contributed by atoms with Gasteiger partial charge in [0.25, 0.3) is 0 Å². The van der Waals surface area contributed by atoms with Crippen LogP contribution in [0.25, 0.3) is 0 Å². The van der Waals surface area contributed by atoms with Crippen molar-refractivity contribution in [1.82, 2.24) is 9.55 Å². The first kappa shape index (κ1) is 10.1. The second kappa shape index (κ2) is 4.84. The van der Waals surface area contributed by atoms with Crippen LogP contribution in [-0.2, 0) is 6.42 Å². The smallest absolute Gasteiger partial charge is 0.110 e. The van der Waals surface area contributed by atoms with E-state index in [1.807, 2.05) is 18.0 Å². The van der Waals surface area contributed by atoms with E-state index in [9.17, 15) is 0 Å². The highest BCUT2D eigenvalue weighted by Crippen LogP contribution is 2.27. The quantitative estimate of drug-likeness (QED) is 0.823. The molecule has 4 heteroatoms. The summed E-state index contributed by atoms with van der Waals surface area (Å²) in [6.07, 6.45) is 7.51. The average Bonchev–Trinajstić information content (AvgIpc) is 2.68. The molecule has 0 amide bonds. The van der Waals surface area contributed by atoms with Gasteiger partial charge in [0, 0.05) is 30.6 Å². The summed E-state index contributed by atoms with van der Waals surface area (Å²) in [5.41, 5.74) is 5.56. The van der Waals surface area contributed by atoms with Gasteiger partial charge in [-0.25, -0.2) is 4.98 Å². The number of aromatic nitrogens is 2. The molecule has 1 aliphatic heterocycles. The third-order valence-corrected chi connectivity index (χ3v) is 3.84. The first-order chi connectivity index (χ1) is 6.92. The number of nitrogens with two attached hydrogens (primary N) is 1. The molecule has 1 saturated heterocycles. The number of thioether (sulfide) groups is 1. The minimum absolute atomic E-state index is 0.651. The molecule has 3 nitrogen and oxygen atoms in total. The molecule has 0 aromatic carbocycles. The molecule has 14 heavy (non-hydrogen) atoms. The molecule has 1 fully saturated rings. The van der Waals surface area contributed by atoms with Gasteiger partial charge in [-0.2, -0.15) is 11.8 Å².